The molecule has 0 aromatic heterocycles. The average molecular weight is 283 g/mol. The van der Waals surface area contributed by atoms with Crippen molar-refractivity contribution in [1.29, 1.82) is 0 Å². The highest BCUT2D eigenvalue weighted by Gasteiger charge is 2.17. The molecule has 1 atom stereocenters. The first-order chi connectivity index (χ1) is 10.1. The molecule has 0 spiro atoms. The molecule has 0 heterocycles. The Balaban J connectivity index is 2.09. The fraction of sp³-hybridized carbons (Fsp3) is 0.176. The lowest BCUT2D eigenvalue weighted by Gasteiger charge is -2.08. The van der Waals surface area contributed by atoms with E-state index in [0.29, 0.717) is 5.56 Å². The number of hydroxylamine groups is 1. The summed E-state index contributed by atoms with van der Waals surface area (Å²) in [6.45, 7) is 1.60. The van der Waals surface area contributed by atoms with Crippen molar-refractivity contribution in [2.24, 2.45) is 5.92 Å². The summed E-state index contributed by atoms with van der Waals surface area (Å²) in [7, 11) is 0. The summed E-state index contributed by atoms with van der Waals surface area (Å²) in [5.74, 6) is -1.23. The van der Waals surface area contributed by atoms with Gasteiger partial charge in [-0.2, -0.15) is 0 Å². The number of rotatable bonds is 5. The van der Waals surface area contributed by atoms with E-state index in [4.69, 9.17) is 5.21 Å². The SMILES string of the molecule is CC(CC(=O)c1ccc(-c2ccccc2)cc1)C(=O)NO. The third kappa shape index (κ3) is 3.77. The summed E-state index contributed by atoms with van der Waals surface area (Å²) in [5.41, 5.74) is 4.25. The van der Waals surface area contributed by atoms with Gasteiger partial charge >= 0.3 is 0 Å². The van der Waals surface area contributed by atoms with E-state index in [1.807, 2.05) is 42.5 Å². The van der Waals surface area contributed by atoms with Crippen LogP contribution in [0.15, 0.2) is 54.6 Å². The minimum Gasteiger partial charge on any atom is -0.294 e. The fourth-order valence-corrected chi connectivity index (χ4v) is 2.08. The van der Waals surface area contributed by atoms with Gasteiger partial charge in [-0.05, 0) is 11.1 Å². The molecule has 0 saturated carbocycles. The van der Waals surface area contributed by atoms with Gasteiger partial charge in [-0.15, -0.1) is 0 Å². The van der Waals surface area contributed by atoms with Gasteiger partial charge in [0.15, 0.2) is 5.78 Å². The molecule has 2 aromatic carbocycles. The number of benzene rings is 2. The quantitative estimate of drug-likeness (QED) is 0.503. The average Bonchev–Trinajstić information content (AvgIpc) is 2.55. The summed E-state index contributed by atoms with van der Waals surface area (Å²) in [5, 5.41) is 8.54. The van der Waals surface area contributed by atoms with E-state index in [1.165, 1.54) is 0 Å². The number of carbonyl (C=O) groups excluding carboxylic acids is 2. The highest BCUT2D eigenvalue weighted by Crippen LogP contribution is 2.20. The van der Waals surface area contributed by atoms with E-state index in [1.54, 1.807) is 24.5 Å². The number of Topliss-reactive ketones (excluding diaryl/α,β-unsaturated/α-hetero) is 1. The number of amides is 1. The van der Waals surface area contributed by atoms with Crippen LogP contribution < -0.4 is 5.48 Å². The van der Waals surface area contributed by atoms with E-state index in [0.717, 1.165) is 11.1 Å². The van der Waals surface area contributed by atoms with Crippen LogP contribution in [0.2, 0.25) is 0 Å². The molecule has 1 unspecified atom stereocenters. The third-order valence-electron chi connectivity index (χ3n) is 3.36. The summed E-state index contributed by atoms with van der Waals surface area (Å²) >= 11 is 0. The highest BCUT2D eigenvalue weighted by molar-refractivity contribution is 5.98. The van der Waals surface area contributed by atoms with Crippen molar-refractivity contribution in [3.63, 3.8) is 0 Å². The minimum atomic E-state index is -0.559. The molecule has 0 bridgehead atoms. The molecule has 2 N–H and O–H groups in total. The van der Waals surface area contributed by atoms with Crippen molar-refractivity contribution in [3.05, 3.63) is 60.2 Å². The first-order valence-electron chi connectivity index (χ1n) is 6.74. The van der Waals surface area contributed by atoms with Crippen LogP contribution in [0.5, 0.6) is 0 Å². The second-order valence-electron chi connectivity index (χ2n) is 4.95. The predicted molar refractivity (Wildman–Crippen MR) is 79.9 cm³/mol. The molecular formula is C17H17NO3. The van der Waals surface area contributed by atoms with Crippen LogP contribution in [-0.4, -0.2) is 16.9 Å². The van der Waals surface area contributed by atoms with Gasteiger partial charge in [0, 0.05) is 17.9 Å². The Labute approximate surface area is 123 Å². The predicted octanol–water partition coefficient (Wildman–Crippen LogP) is 3.07. The largest absolute Gasteiger partial charge is 0.294 e. The molecule has 21 heavy (non-hydrogen) atoms. The Morgan fingerprint density at radius 3 is 2.14 bits per heavy atom. The molecule has 1 amide bonds. The first kappa shape index (κ1) is 14.9. The van der Waals surface area contributed by atoms with Gasteiger partial charge in [0.1, 0.15) is 0 Å². The molecule has 0 aliphatic rings. The highest BCUT2D eigenvalue weighted by atomic mass is 16.5. The van der Waals surface area contributed by atoms with Crippen LogP contribution in [0.1, 0.15) is 23.7 Å². The molecule has 2 rings (SSSR count). The minimum absolute atomic E-state index is 0.0665. The lowest BCUT2D eigenvalue weighted by atomic mass is 9.97. The van der Waals surface area contributed by atoms with E-state index in [9.17, 15) is 9.59 Å². The Bertz CT molecular complexity index is 620. The van der Waals surface area contributed by atoms with Gasteiger partial charge in [-0.25, -0.2) is 5.48 Å². The Morgan fingerprint density at radius 2 is 1.57 bits per heavy atom. The molecule has 0 radical (unpaired) electrons. The number of ketones is 1. The Kier molecular flexibility index (Phi) is 4.85. The van der Waals surface area contributed by atoms with Crippen LogP contribution >= 0.6 is 0 Å². The number of nitrogens with one attached hydrogen (secondary N) is 1. The Hall–Kier alpha value is -2.46. The van der Waals surface area contributed by atoms with E-state index in [-0.39, 0.29) is 12.2 Å². The van der Waals surface area contributed by atoms with Gasteiger partial charge < -0.3 is 0 Å². The fourth-order valence-electron chi connectivity index (χ4n) is 2.08. The molecule has 4 nitrogen and oxygen atoms in total. The van der Waals surface area contributed by atoms with Crippen molar-refractivity contribution in [1.82, 2.24) is 5.48 Å². The van der Waals surface area contributed by atoms with Gasteiger partial charge in [-0.1, -0.05) is 61.5 Å². The monoisotopic (exact) mass is 283 g/mol. The lowest BCUT2D eigenvalue weighted by Crippen LogP contribution is -2.27. The molecule has 0 aliphatic carbocycles. The maximum Gasteiger partial charge on any atom is 0.246 e. The normalized spacial score (nSPS) is 11.7. The third-order valence-corrected chi connectivity index (χ3v) is 3.36. The molecule has 108 valence electrons. The van der Waals surface area contributed by atoms with Gasteiger partial charge in [0.05, 0.1) is 0 Å². The summed E-state index contributed by atoms with van der Waals surface area (Å²) in [6, 6.07) is 17.2. The zero-order valence-electron chi connectivity index (χ0n) is 11.7. The van der Waals surface area contributed by atoms with Crippen molar-refractivity contribution >= 4 is 11.7 Å². The lowest BCUT2D eigenvalue weighted by molar-refractivity contribution is -0.132. The molecule has 2 aromatic rings. The van der Waals surface area contributed by atoms with Crippen LogP contribution in [0, 0.1) is 5.92 Å². The summed E-state index contributed by atoms with van der Waals surface area (Å²) in [4.78, 5) is 23.3. The number of carbonyl (C=O) groups is 2. The molecule has 4 heteroatoms. The van der Waals surface area contributed by atoms with E-state index < -0.39 is 11.8 Å². The zero-order chi connectivity index (χ0) is 15.2. The second-order valence-corrected chi connectivity index (χ2v) is 4.95. The van der Waals surface area contributed by atoms with Crippen molar-refractivity contribution in [2.75, 3.05) is 0 Å². The smallest absolute Gasteiger partial charge is 0.246 e. The number of hydrogen-bond acceptors (Lipinski definition) is 3. The summed E-state index contributed by atoms with van der Waals surface area (Å²) in [6.07, 6.45) is 0.0665. The van der Waals surface area contributed by atoms with Gasteiger partial charge in [-0.3, -0.25) is 14.8 Å². The Morgan fingerprint density at radius 1 is 1.00 bits per heavy atom. The van der Waals surface area contributed by atoms with E-state index in [2.05, 4.69) is 0 Å². The van der Waals surface area contributed by atoms with E-state index >= 15 is 0 Å². The molecule has 0 fully saturated rings. The molecule has 0 aliphatic heterocycles. The van der Waals surface area contributed by atoms with Gasteiger partial charge in [0.2, 0.25) is 5.91 Å². The van der Waals surface area contributed by atoms with Crippen LogP contribution in [0.25, 0.3) is 11.1 Å². The van der Waals surface area contributed by atoms with Crippen molar-refractivity contribution in [2.45, 2.75) is 13.3 Å². The van der Waals surface area contributed by atoms with Gasteiger partial charge in [0.25, 0.3) is 0 Å². The molecular weight excluding hydrogens is 266 g/mol. The standard InChI is InChI=1S/C17H17NO3/c1-12(17(20)18-21)11-16(19)15-9-7-14(8-10-15)13-5-3-2-4-6-13/h2-10,12,21H,11H2,1H3,(H,18,20). The second kappa shape index (κ2) is 6.81. The number of hydrogen-bond donors (Lipinski definition) is 2. The summed E-state index contributed by atoms with van der Waals surface area (Å²) < 4.78 is 0. The zero-order valence-corrected chi connectivity index (χ0v) is 11.7. The maximum absolute atomic E-state index is 12.1. The van der Waals surface area contributed by atoms with Crippen LogP contribution in [0.3, 0.4) is 0 Å². The molecule has 0 saturated heterocycles. The van der Waals surface area contributed by atoms with Crippen LogP contribution in [0.4, 0.5) is 0 Å². The van der Waals surface area contributed by atoms with Crippen molar-refractivity contribution < 1.29 is 14.8 Å². The first-order valence-corrected chi connectivity index (χ1v) is 6.74. The topological polar surface area (TPSA) is 66.4 Å². The van der Waals surface area contributed by atoms with Crippen molar-refractivity contribution in [3.8, 4) is 11.1 Å². The maximum atomic E-state index is 12.1. The van der Waals surface area contributed by atoms with Crippen LogP contribution in [-0.2, 0) is 4.79 Å².